The van der Waals surface area contributed by atoms with E-state index >= 15 is 0 Å². The fourth-order valence-corrected chi connectivity index (χ4v) is 3.84. The van der Waals surface area contributed by atoms with Gasteiger partial charge in [0.2, 0.25) is 10.0 Å². The number of carbonyl (C=O) groups is 1. The van der Waals surface area contributed by atoms with Crippen molar-refractivity contribution >= 4 is 27.7 Å². The fourth-order valence-electron chi connectivity index (χ4n) is 2.21. The van der Waals surface area contributed by atoms with Crippen LogP contribution in [0.1, 0.15) is 46.5 Å². The van der Waals surface area contributed by atoms with Gasteiger partial charge in [-0.25, -0.2) is 17.9 Å². The largest absolute Gasteiger partial charge is 0.444 e. The third-order valence-electron chi connectivity index (χ3n) is 3.29. The second-order valence-electron chi connectivity index (χ2n) is 6.57. The number of likely N-dealkylation sites (tertiary alicyclic amines) is 1. The van der Waals surface area contributed by atoms with E-state index in [1.807, 2.05) is 20.8 Å². The minimum Gasteiger partial charge on any atom is -0.444 e. The van der Waals surface area contributed by atoms with Crippen LogP contribution in [-0.2, 0) is 14.8 Å². The maximum Gasteiger partial charge on any atom is 0.410 e. The number of amides is 1. The van der Waals surface area contributed by atoms with Crippen molar-refractivity contribution in [2.24, 2.45) is 0 Å². The van der Waals surface area contributed by atoms with E-state index in [0.717, 1.165) is 0 Å². The van der Waals surface area contributed by atoms with Gasteiger partial charge in [-0.1, -0.05) is 0 Å². The van der Waals surface area contributed by atoms with Gasteiger partial charge in [0, 0.05) is 25.0 Å². The van der Waals surface area contributed by atoms with Gasteiger partial charge >= 0.3 is 6.09 Å². The fraction of sp³-hybridized carbons (Fsp3) is 0.929. The van der Waals surface area contributed by atoms with Crippen LogP contribution in [0.25, 0.3) is 0 Å². The Labute approximate surface area is 138 Å². The van der Waals surface area contributed by atoms with Gasteiger partial charge in [0.15, 0.2) is 0 Å². The number of rotatable bonds is 6. The summed E-state index contributed by atoms with van der Waals surface area (Å²) in [5, 5.41) is 0. The lowest BCUT2D eigenvalue weighted by atomic mass is 10.1. The zero-order valence-electron chi connectivity index (χ0n) is 13.6. The highest BCUT2D eigenvalue weighted by Gasteiger charge is 2.28. The number of ether oxygens (including phenoxy) is 1. The van der Waals surface area contributed by atoms with Crippen LogP contribution in [0.3, 0.4) is 0 Å². The molecule has 1 heterocycles. The van der Waals surface area contributed by atoms with Gasteiger partial charge in [-0.3, -0.25) is 0 Å². The minimum atomic E-state index is -3.26. The normalized spacial score (nSPS) is 17.5. The first-order chi connectivity index (χ1) is 10.1. The lowest BCUT2D eigenvalue weighted by Gasteiger charge is -2.33. The van der Waals surface area contributed by atoms with Gasteiger partial charge in [-0.15, -0.1) is 11.6 Å². The molecule has 1 fully saturated rings. The third kappa shape index (κ3) is 7.65. The van der Waals surface area contributed by atoms with Crippen molar-refractivity contribution in [2.75, 3.05) is 24.7 Å². The van der Waals surface area contributed by atoms with Crippen LogP contribution in [-0.4, -0.2) is 55.8 Å². The number of unbranched alkanes of at least 4 members (excludes halogenated alkanes) is 1. The summed E-state index contributed by atoms with van der Waals surface area (Å²) >= 11 is 5.55. The average Bonchev–Trinajstić information content (AvgIpc) is 2.37. The van der Waals surface area contributed by atoms with Gasteiger partial charge in [-0.05, 0) is 46.5 Å². The zero-order chi connectivity index (χ0) is 16.8. The molecule has 1 N–H and O–H groups in total. The van der Waals surface area contributed by atoms with Gasteiger partial charge in [0.05, 0.1) is 5.75 Å². The first-order valence-corrected chi connectivity index (χ1v) is 9.85. The predicted molar refractivity (Wildman–Crippen MR) is 87.7 cm³/mol. The molecule has 1 amide bonds. The quantitative estimate of drug-likeness (QED) is 0.586. The van der Waals surface area contributed by atoms with E-state index < -0.39 is 15.6 Å². The summed E-state index contributed by atoms with van der Waals surface area (Å²) in [4.78, 5) is 13.6. The average molecular weight is 355 g/mol. The Morgan fingerprint density at radius 2 is 1.86 bits per heavy atom. The molecule has 0 aromatic carbocycles. The van der Waals surface area contributed by atoms with Gasteiger partial charge in [0.1, 0.15) is 5.60 Å². The number of hydrogen-bond acceptors (Lipinski definition) is 4. The molecule has 22 heavy (non-hydrogen) atoms. The van der Waals surface area contributed by atoms with Gasteiger partial charge in [-0.2, -0.15) is 0 Å². The first-order valence-electron chi connectivity index (χ1n) is 7.67. The van der Waals surface area contributed by atoms with Crippen molar-refractivity contribution < 1.29 is 17.9 Å². The standard InChI is InChI=1S/C14H27ClN2O4S/c1-14(2,3)21-13(18)17-9-6-12(7-10-17)16-22(19,20)11-5-4-8-15/h12,16H,4-11H2,1-3H3. The van der Waals surface area contributed by atoms with E-state index in [-0.39, 0.29) is 17.9 Å². The highest BCUT2D eigenvalue weighted by atomic mass is 35.5. The van der Waals surface area contributed by atoms with E-state index in [1.165, 1.54) is 0 Å². The molecule has 1 rings (SSSR count). The Kier molecular flexibility index (Phi) is 7.41. The monoisotopic (exact) mass is 354 g/mol. The van der Waals surface area contributed by atoms with Crippen molar-refractivity contribution in [3.63, 3.8) is 0 Å². The maximum atomic E-state index is 11.9. The van der Waals surface area contributed by atoms with Gasteiger partial charge < -0.3 is 9.64 Å². The summed E-state index contributed by atoms with van der Waals surface area (Å²) < 4.78 is 31.9. The predicted octanol–water partition coefficient (Wildman–Crippen LogP) is 2.32. The van der Waals surface area contributed by atoms with Crippen molar-refractivity contribution in [1.82, 2.24) is 9.62 Å². The number of piperidine rings is 1. The molecular formula is C14H27ClN2O4S. The highest BCUT2D eigenvalue weighted by Crippen LogP contribution is 2.16. The smallest absolute Gasteiger partial charge is 0.410 e. The number of halogens is 1. The molecule has 1 aliphatic heterocycles. The molecule has 0 aliphatic carbocycles. The van der Waals surface area contributed by atoms with E-state index in [0.29, 0.717) is 44.7 Å². The molecule has 0 bridgehead atoms. The Bertz CT molecular complexity index is 454. The molecule has 0 radical (unpaired) electrons. The highest BCUT2D eigenvalue weighted by molar-refractivity contribution is 7.89. The summed E-state index contributed by atoms with van der Waals surface area (Å²) in [5.41, 5.74) is -0.516. The van der Waals surface area contributed by atoms with E-state index in [1.54, 1.807) is 4.90 Å². The molecule has 0 unspecified atom stereocenters. The Balaban J connectivity index is 2.37. The van der Waals surface area contributed by atoms with Crippen molar-refractivity contribution in [3.8, 4) is 0 Å². The number of nitrogens with one attached hydrogen (secondary N) is 1. The van der Waals surface area contributed by atoms with Crippen LogP contribution in [0.15, 0.2) is 0 Å². The molecule has 0 saturated carbocycles. The molecule has 130 valence electrons. The molecule has 1 saturated heterocycles. The number of sulfonamides is 1. The van der Waals surface area contributed by atoms with Crippen LogP contribution in [0.2, 0.25) is 0 Å². The Hall–Kier alpha value is -0.530. The third-order valence-corrected chi connectivity index (χ3v) is 5.08. The van der Waals surface area contributed by atoms with Crippen LogP contribution in [0.4, 0.5) is 4.79 Å². The SMILES string of the molecule is CC(C)(C)OC(=O)N1CCC(NS(=O)(=O)CCCCCl)CC1. The summed E-state index contributed by atoms with van der Waals surface area (Å²) in [6, 6.07) is -0.111. The topological polar surface area (TPSA) is 75.7 Å². The second-order valence-corrected chi connectivity index (χ2v) is 8.83. The Morgan fingerprint density at radius 3 is 2.36 bits per heavy atom. The van der Waals surface area contributed by atoms with E-state index in [4.69, 9.17) is 16.3 Å². The maximum absolute atomic E-state index is 11.9. The van der Waals surface area contributed by atoms with Crippen molar-refractivity contribution in [3.05, 3.63) is 0 Å². The molecule has 8 heteroatoms. The molecule has 0 atom stereocenters. The van der Waals surface area contributed by atoms with Crippen molar-refractivity contribution in [1.29, 1.82) is 0 Å². The molecular weight excluding hydrogens is 328 g/mol. The molecule has 0 aromatic heterocycles. The minimum absolute atomic E-state index is 0.103. The number of carbonyl (C=O) groups excluding carboxylic acids is 1. The number of nitrogens with zero attached hydrogens (tertiary/aromatic N) is 1. The molecule has 0 aromatic rings. The van der Waals surface area contributed by atoms with Gasteiger partial charge in [0.25, 0.3) is 0 Å². The second kappa shape index (κ2) is 8.36. The van der Waals surface area contributed by atoms with E-state index in [2.05, 4.69) is 4.72 Å². The summed E-state index contributed by atoms with van der Waals surface area (Å²) in [6.45, 7) is 6.49. The van der Waals surface area contributed by atoms with Crippen LogP contribution in [0.5, 0.6) is 0 Å². The summed E-state index contributed by atoms with van der Waals surface area (Å²) in [6.07, 6.45) is 2.13. The first kappa shape index (κ1) is 19.5. The van der Waals surface area contributed by atoms with Crippen LogP contribution in [0, 0.1) is 0 Å². The lowest BCUT2D eigenvalue weighted by molar-refractivity contribution is 0.0204. The summed E-state index contributed by atoms with van der Waals surface area (Å²) in [7, 11) is -3.26. The lowest BCUT2D eigenvalue weighted by Crippen LogP contribution is -2.48. The number of alkyl halides is 1. The molecule has 0 spiro atoms. The molecule has 1 aliphatic rings. The van der Waals surface area contributed by atoms with Crippen molar-refractivity contribution in [2.45, 2.75) is 58.1 Å². The Morgan fingerprint density at radius 1 is 1.27 bits per heavy atom. The van der Waals surface area contributed by atoms with Crippen LogP contribution >= 0.6 is 11.6 Å². The number of hydrogen-bond donors (Lipinski definition) is 1. The molecule has 6 nitrogen and oxygen atoms in total. The van der Waals surface area contributed by atoms with E-state index in [9.17, 15) is 13.2 Å². The zero-order valence-corrected chi connectivity index (χ0v) is 15.2. The van der Waals surface area contributed by atoms with Crippen LogP contribution < -0.4 is 4.72 Å². The summed E-state index contributed by atoms with van der Waals surface area (Å²) in [5.74, 6) is 0.579.